The fourth-order valence-electron chi connectivity index (χ4n) is 1.56. The van der Waals surface area contributed by atoms with E-state index in [4.69, 9.17) is 4.74 Å². The normalized spacial score (nSPS) is 15.6. The van der Waals surface area contributed by atoms with E-state index in [1.165, 1.54) is 18.4 Å². The molecule has 0 atom stereocenters. The van der Waals surface area contributed by atoms with Gasteiger partial charge in [0.25, 0.3) is 0 Å². The third-order valence-corrected chi connectivity index (χ3v) is 2.58. The summed E-state index contributed by atoms with van der Waals surface area (Å²) < 4.78 is 5.91. The third kappa shape index (κ3) is 1.89. The largest absolute Gasteiger partial charge is 0.488 e. The van der Waals surface area contributed by atoms with E-state index in [1.807, 2.05) is 6.20 Å². The standard InChI is InChI=1S/C12H17NO/c1-3-9-7-8-13-11(4-2)12(9)14-10-5-6-10/h7-8,10H,3-6H2,1-2H3. The van der Waals surface area contributed by atoms with Crippen LogP contribution < -0.4 is 4.74 Å². The fraction of sp³-hybridized carbons (Fsp3) is 0.583. The van der Waals surface area contributed by atoms with Crippen molar-refractivity contribution in [2.24, 2.45) is 0 Å². The first-order chi connectivity index (χ1) is 6.85. The Hall–Kier alpha value is -1.05. The first kappa shape index (κ1) is 9.50. The van der Waals surface area contributed by atoms with Gasteiger partial charge < -0.3 is 4.74 Å². The molecule has 1 aromatic heterocycles. The van der Waals surface area contributed by atoms with E-state index in [0.29, 0.717) is 6.10 Å². The molecule has 2 rings (SSSR count). The Labute approximate surface area is 85.3 Å². The van der Waals surface area contributed by atoms with Crippen LogP contribution in [-0.2, 0) is 12.8 Å². The number of ether oxygens (including phenoxy) is 1. The van der Waals surface area contributed by atoms with E-state index in [1.54, 1.807) is 0 Å². The Morgan fingerprint density at radius 3 is 2.71 bits per heavy atom. The van der Waals surface area contributed by atoms with Gasteiger partial charge in [0.2, 0.25) is 0 Å². The first-order valence-corrected chi connectivity index (χ1v) is 5.48. The van der Waals surface area contributed by atoms with Gasteiger partial charge in [0.05, 0.1) is 11.8 Å². The van der Waals surface area contributed by atoms with E-state index in [2.05, 4.69) is 24.9 Å². The minimum absolute atomic E-state index is 0.467. The Morgan fingerprint density at radius 2 is 2.14 bits per heavy atom. The average molecular weight is 191 g/mol. The summed E-state index contributed by atoms with van der Waals surface area (Å²) in [6.07, 6.45) is 6.75. The zero-order chi connectivity index (χ0) is 9.97. The molecule has 0 saturated heterocycles. The van der Waals surface area contributed by atoms with Gasteiger partial charge in [-0.25, -0.2) is 0 Å². The minimum Gasteiger partial charge on any atom is -0.488 e. The van der Waals surface area contributed by atoms with Crippen LogP contribution in [0.1, 0.15) is 37.9 Å². The second-order valence-corrected chi connectivity index (χ2v) is 3.77. The molecule has 1 heterocycles. The molecule has 0 bridgehead atoms. The molecule has 0 N–H and O–H groups in total. The second kappa shape index (κ2) is 3.99. The average Bonchev–Trinajstić information content (AvgIpc) is 3.02. The van der Waals surface area contributed by atoms with E-state index in [0.717, 1.165) is 24.3 Å². The molecule has 0 unspecified atom stereocenters. The maximum absolute atomic E-state index is 5.91. The number of aromatic nitrogens is 1. The lowest BCUT2D eigenvalue weighted by atomic mass is 10.1. The lowest BCUT2D eigenvalue weighted by molar-refractivity contribution is 0.295. The van der Waals surface area contributed by atoms with Crippen molar-refractivity contribution >= 4 is 0 Å². The summed E-state index contributed by atoms with van der Waals surface area (Å²) in [4.78, 5) is 4.36. The predicted octanol–water partition coefficient (Wildman–Crippen LogP) is 2.75. The smallest absolute Gasteiger partial charge is 0.144 e. The van der Waals surface area contributed by atoms with Crippen LogP contribution in [0.15, 0.2) is 12.3 Å². The van der Waals surface area contributed by atoms with Crippen LogP contribution >= 0.6 is 0 Å². The molecule has 1 saturated carbocycles. The van der Waals surface area contributed by atoms with E-state index in [-0.39, 0.29) is 0 Å². The quantitative estimate of drug-likeness (QED) is 0.730. The summed E-state index contributed by atoms with van der Waals surface area (Å²) in [5.41, 5.74) is 2.40. The van der Waals surface area contributed by atoms with Gasteiger partial charge >= 0.3 is 0 Å². The molecule has 0 radical (unpaired) electrons. The van der Waals surface area contributed by atoms with Crippen molar-refractivity contribution in [2.75, 3.05) is 0 Å². The van der Waals surface area contributed by atoms with Crippen LogP contribution in [-0.4, -0.2) is 11.1 Å². The number of hydrogen-bond acceptors (Lipinski definition) is 2. The van der Waals surface area contributed by atoms with Gasteiger partial charge in [0, 0.05) is 6.20 Å². The van der Waals surface area contributed by atoms with Crippen LogP contribution in [0.5, 0.6) is 5.75 Å². The van der Waals surface area contributed by atoms with Gasteiger partial charge in [-0.05, 0) is 37.3 Å². The number of hydrogen-bond donors (Lipinski definition) is 0. The van der Waals surface area contributed by atoms with Crippen molar-refractivity contribution in [1.29, 1.82) is 0 Å². The minimum atomic E-state index is 0.467. The van der Waals surface area contributed by atoms with E-state index in [9.17, 15) is 0 Å². The SMILES string of the molecule is CCc1ccnc(CC)c1OC1CC1. The maximum atomic E-state index is 5.91. The van der Waals surface area contributed by atoms with Crippen molar-refractivity contribution < 1.29 is 4.74 Å². The molecule has 1 aliphatic carbocycles. The monoisotopic (exact) mass is 191 g/mol. The Morgan fingerprint density at radius 1 is 1.36 bits per heavy atom. The highest BCUT2D eigenvalue weighted by atomic mass is 16.5. The molecular weight excluding hydrogens is 174 g/mol. The Balaban J connectivity index is 2.29. The molecule has 76 valence electrons. The number of nitrogens with zero attached hydrogens (tertiary/aromatic N) is 1. The van der Waals surface area contributed by atoms with Crippen LogP contribution in [0.4, 0.5) is 0 Å². The van der Waals surface area contributed by atoms with Crippen LogP contribution in [0, 0.1) is 0 Å². The highest BCUT2D eigenvalue weighted by Crippen LogP contribution is 2.31. The molecule has 1 aromatic rings. The van der Waals surface area contributed by atoms with Crippen molar-refractivity contribution in [2.45, 2.75) is 45.6 Å². The summed E-state index contributed by atoms with van der Waals surface area (Å²) in [5.74, 6) is 1.06. The zero-order valence-electron chi connectivity index (χ0n) is 8.92. The molecule has 0 aliphatic heterocycles. The highest BCUT2D eigenvalue weighted by molar-refractivity contribution is 5.37. The molecule has 14 heavy (non-hydrogen) atoms. The predicted molar refractivity (Wildman–Crippen MR) is 56.6 cm³/mol. The molecule has 1 aliphatic rings. The number of aryl methyl sites for hydroxylation is 2. The number of pyridine rings is 1. The Kier molecular flexibility index (Phi) is 2.71. The van der Waals surface area contributed by atoms with Gasteiger partial charge in [0.1, 0.15) is 5.75 Å². The topological polar surface area (TPSA) is 22.1 Å². The summed E-state index contributed by atoms with van der Waals surface area (Å²) in [6, 6.07) is 2.07. The number of rotatable bonds is 4. The molecule has 0 spiro atoms. The van der Waals surface area contributed by atoms with Crippen LogP contribution in [0.3, 0.4) is 0 Å². The summed E-state index contributed by atoms with van der Waals surface area (Å²) in [7, 11) is 0. The zero-order valence-corrected chi connectivity index (χ0v) is 8.92. The molecule has 0 amide bonds. The van der Waals surface area contributed by atoms with Gasteiger partial charge in [-0.1, -0.05) is 13.8 Å². The Bertz CT molecular complexity index is 296. The van der Waals surface area contributed by atoms with Crippen molar-refractivity contribution in [1.82, 2.24) is 4.98 Å². The van der Waals surface area contributed by atoms with Gasteiger partial charge in [-0.3, -0.25) is 4.98 Å². The van der Waals surface area contributed by atoms with Crippen LogP contribution in [0.2, 0.25) is 0 Å². The maximum Gasteiger partial charge on any atom is 0.144 e. The van der Waals surface area contributed by atoms with E-state index < -0.39 is 0 Å². The lowest BCUT2D eigenvalue weighted by Gasteiger charge is -2.12. The lowest BCUT2D eigenvalue weighted by Crippen LogP contribution is -2.04. The molecular formula is C12H17NO. The first-order valence-electron chi connectivity index (χ1n) is 5.48. The van der Waals surface area contributed by atoms with Crippen molar-refractivity contribution in [3.05, 3.63) is 23.5 Å². The molecule has 2 nitrogen and oxygen atoms in total. The second-order valence-electron chi connectivity index (χ2n) is 3.77. The van der Waals surface area contributed by atoms with Crippen LogP contribution in [0.25, 0.3) is 0 Å². The molecule has 1 fully saturated rings. The van der Waals surface area contributed by atoms with Crippen molar-refractivity contribution in [3.8, 4) is 5.75 Å². The van der Waals surface area contributed by atoms with Gasteiger partial charge in [-0.2, -0.15) is 0 Å². The molecule has 0 aromatic carbocycles. The van der Waals surface area contributed by atoms with Gasteiger partial charge in [-0.15, -0.1) is 0 Å². The molecule has 2 heteroatoms. The summed E-state index contributed by atoms with van der Waals surface area (Å²) >= 11 is 0. The highest BCUT2D eigenvalue weighted by Gasteiger charge is 2.25. The summed E-state index contributed by atoms with van der Waals surface area (Å²) in [5, 5.41) is 0. The van der Waals surface area contributed by atoms with Gasteiger partial charge in [0.15, 0.2) is 0 Å². The van der Waals surface area contributed by atoms with Crippen molar-refractivity contribution in [3.63, 3.8) is 0 Å². The fourth-order valence-corrected chi connectivity index (χ4v) is 1.56. The van der Waals surface area contributed by atoms with E-state index >= 15 is 0 Å². The summed E-state index contributed by atoms with van der Waals surface area (Å²) in [6.45, 7) is 4.29. The third-order valence-electron chi connectivity index (χ3n) is 2.58.